The number of hydrogen-bond acceptors (Lipinski definition) is 2. The normalized spacial score (nSPS) is 10.7. The highest BCUT2D eigenvalue weighted by Gasteiger charge is 2.18. The average Bonchev–Trinajstić information content (AvgIpc) is 2.42. The van der Waals surface area contributed by atoms with Crippen LogP contribution in [-0.4, -0.2) is 5.11 Å². The van der Waals surface area contributed by atoms with E-state index in [-0.39, 0.29) is 21.5 Å². The first-order valence-electron chi connectivity index (χ1n) is 5.31. The summed E-state index contributed by atoms with van der Waals surface area (Å²) in [5, 5.41) is 9.60. The standard InChI is InChI=1S/C13H7Cl2F3O2/c1-5-10(14)7(19)4-9(11(5)15)20-8-3-2-6(16)12(17)13(8)18/h2-4,19H,1H3. The number of phenols is 1. The zero-order chi connectivity index (χ0) is 15.0. The Balaban J connectivity index is 2.48. The van der Waals surface area contributed by atoms with Crippen LogP contribution in [-0.2, 0) is 0 Å². The molecule has 0 aromatic heterocycles. The Morgan fingerprint density at radius 3 is 2.30 bits per heavy atom. The van der Waals surface area contributed by atoms with Gasteiger partial charge in [-0.05, 0) is 24.6 Å². The van der Waals surface area contributed by atoms with E-state index >= 15 is 0 Å². The Hall–Kier alpha value is -1.59. The van der Waals surface area contributed by atoms with Gasteiger partial charge in [-0.25, -0.2) is 8.78 Å². The number of ether oxygens (including phenoxy) is 1. The molecule has 0 aliphatic heterocycles. The van der Waals surface area contributed by atoms with Crippen LogP contribution >= 0.6 is 23.2 Å². The van der Waals surface area contributed by atoms with Gasteiger partial charge in [0.05, 0.1) is 10.0 Å². The lowest BCUT2D eigenvalue weighted by atomic mass is 10.2. The molecule has 7 heteroatoms. The van der Waals surface area contributed by atoms with E-state index < -0.39 is 23.2 Å². The lowest BCUT2D eigenvalue weighted by molar-refractivity contribution is 0.392. The first-order chi connectivity index (χ1) is 9.32. The second kappa shape index (κ2) is 5.42. The topological polar surface area (TPSA) is 29.5 Å². The highest BCUT2D eigenvalue weighted by Crippen LogP contribution is 2.41. The number of benzene rings is 2. The molecule has 0 radical (unpaired) electrons. The third-order valence-electron chi connectivity index (χ3n) is 2.59. The van der Waals surface area contributed by atoms with E-state index in [1.807, 2.05) is 0 Å². The molecule has 106 valence electrons. The van der Waals surface area contributed by atoms with Crippen LogP contribution in [0.3, 0.4) is 0 Å². The van der Waals surface area contributed by atoms with E-state index in [4.69, 9.17) is 27.9 Å². The van der Waals surface area contributed by atoms with Gasteiger partial charge in [0.15, 0.2) is 17.4 Å². The summed E-state index contributed by atoms with van der Waals surface area (Å²) in [6, 6.07) is 2.67. The molecule has 0 bridgehead atoms. The lowest BCUT2D eigenvalue weighted by Gasteiger charge is -2.12. The number of phenolic OH excluding ortho intramolecular Hbond substituents is 1. The molecular formula is C13H7Cl2F3O2. The van der Waals surface area contributed by atoms with Gasteiger partial charge in [-0.15, -0.1) is 0 Å². The minimum Gasteiger partial charge on any atom is -0.506 e. The summed E-state index contributed by atoms with van der Waals surface area (Å²) in [5.74, 6) is -5.51. The highest BCUT2D eigenvalue weighted by atomic mass is 35.5. The van der Waals surface area contributed by atoms with Crippen LogP contribution in [0.4, 0.5) is 13.2 Å². The summed E-state index contributed by atoms with van der Waals surface area (Å²) >= 11 is 11.7. The van der Waals surface area contributed by atoms with Crippen molar-refractivity contribution in [2.45, 2.75) is 6.92 Å². The first-order valence-corrected chi connectivity index (χ1v) is 6.07. The van der Waals surface area contributed by atoms with E-state index in [0.717, 1.165) is 12.1 Å². The summed E-state index contributed by atoms with van der Waals surface area (Å²) in [6.45, 7) is 1.51. The number of aromatic hydroxyl groups is 1. The summed E-state index contributed by atoms with van der Waals surface area (Å²) in [6.07, 6.45) is 0. The van der Waals surface area contributed by atoms with Crippen molar-refractivity contribution in [3.05, 3.63) is 51.3 Å². The highest BCUT2D eigenvalue weighted by molar-refractivity contribution is 6.37. The Bertz CT molecular complexity index is 690. The fraction of sp³-hybridized carbons (Fsp3) is 0.0769. The molecule has 20 heavy (non-hydrogen) atoms. The predicted molar refractivity (Wildman–Crippen MR) is 69.3 cm³/mol. The van der Waals surface area contributed by atoms with E-state index in [9.17, 15) is 18.3 Å². The molecule has 0 saturated carbocycles. The van der Waals surface area contributed by atoms with Gasteiger partial charge in [-0.3, -0.25) is 0 Å². The van der Waals surface area contributed by atoms with Crippen molar-refractivity contribution >= 4 is 23.2 Å². The third-order valence-corrected chi connectivity index (χ3v) is 3.53. The Morgan fingerprint density at radius 1 is 1.00 bits per heavy atom. The molecule has 0 aliphatic rings. The summed E-state index contributed by atoms with van der Waals surface area (Å²) in [5.41, 5.74) is 0.311. The maximum absolute atomic E-state index is 13.5. The van der Waals surface area contributed by atoms with Crippen molar-refractivity contribution in [1.29, 1.82) is 0 Å². The molecule has 2 nitrogen and oxygen atoms in total. The molecule has 0 heterocycles. The van der Waals surface area contributed by atoms with E-state index in [2.05, 4.69) is 0 Å². The second-order valence-corrected chi connectivity index (χ2v) is 4.68. The van der Waals surface area contributed by atoms with Gasteiger partial charge in [0.1, 0.15) is 11.5 Å². The molecular weight excluding hydrogens is 316 g/mol. The SMILES string of the molecule is Cc1c(Cl)c(O)cc(Oc2ccc(F)c(F)c2F)c1Cl. The largest absolute Gasteiger partial charge is 0.506 e. The smallest absolute Gasteiger partial charge is 0.204 e. The Labute approximate surface area is 122 Å². The van der Waals surface area contributed by atoms with Crippen LogP contribution in [0.2, 0.25) is 10.0 Å². The molecule has 2 aromatic carbocycles. The maximum Gasteiger partial charge on any atom is 0.204 e. The van der Waals surface area contributed by atoms with Crippen molar-refractivity contribution in [3.63, 3.8) is 0 Å². The number of rotatable bonds is 2. The molecule has 0 saturated heterocycles. The minimum absolute atomic E-state index is 0.0214. The van der Waals surface area contributed by atoms with E-state index in [0.29, 0.717) is 11.6 Å². The van der Waals surface area contributed by atoms with Crippen LogP contribution in [0.5, 0.6) is 17.2 Å². The monoisotopic (exact) mass is 322 g/mol. The van der Waals surface area contributed by atoms with Crippen LogP contribution in [0.1, 0.15) is 5.56 Å². The molecule has 0 aliphatic carbocycles. The average molecular weight is 323 g/mol. The van der Waals surface area contributed by atoms with E-state index in [1.54, 1.807) is 0 Å². The molecule has 2 aromatic rings. The fourth-order valence-electron chi connectivity index (χ4n) is 1.50. The molecule has 1 N–H and O–H groups in total. The fourth-order valence-corrected chi connectivity index (χ4v) is 1.89. The molecule has 0 amide bonds. The molecule has 0 unspecified atom stereocenters. The van der Waals surface area contributed by atoms with Crippen LogP contribution in [0, 0.1) is 24.4 Å². The quantitative estimate of drug-likeness (QED) is 0.768. The van der Waals surface area contributed by atoms with Crippen LogP contribution < -0.4 is 4.74 Å². The van der Waals surface area contributed by atoms with Gasteiger partial charge in [-0.2, -0.15) is 4.39 Å². The molecule has 0 fully saturated rings. The molecule has 0 spiro atoms. The first kappa shape index (κ1) is 14.8. The third kappa shape index (κ3) is 2.51. The number of hydrogen-bond donors (Lipinski definition) is 1. The Kier molecular flexibility index (Phi) is 4.01. The van der Waals surface area contributed by atoms with Crippen molar-refractivity contribution in [2.24, 2.45) is 0 Å². The molecule has 0 atom stereocenters. The lowest BCUT2D eigenvalue weighted by Crippen LogP contribution is -1.96. The van der Waals surface area contributed by atoms with Gasteiger partial charge in [0, 0.05) is 6.07 Å². The minimum atomic E-state index is -1.66. The zero-order valence-corrected chi connectivity index (χ0v) is 11.5. The Morgan fingerprint density at radius 2 is 1.65 bits per heavy atom. The van der Waals surface area contributed by atoms with Crippen LogP contribution in [0.15, 0.2) is 18.2 Å². The molecule has 2 rings (SSSR count). The predicted octanol–water partition coefficient (Wildman–Crippen LogP) is 5.22. The van der Waals surface area contributed by atoms with Crippen molar-refractivity contribution < 1.29 is 23.0 Å². The maximum atomic E-state index is 13.5. The second-order valence-electron chi connectivity index (χ2n) is 3.92. The summed E-state index contributed by atoms with van der Waals surface area (Å²) < 4.78 is 44.4. The van der Waals surface area contributed by atoms with Crippen molar-refractivity contribution in [2.75, 3.05) is 0 Å². The van der Waals surface area contributed by atoms with Gasteiger partial charge < -0.3 is 9.84 Å². The summed E-state index contributed by atoms with van der Waals surface area (Å²) in [7, 11) is 0. The van der Waals surface area contributed by atoms with Crippen LogP contribution in [0.25, 0.3) is 0 Å². The van der Waals surface area contributed by atoms with Crippen molar-refractivity contribution in [1.82, 2.24) is 0 Å². The van der Waals surface area contributed by atoms with Gasteiger partial charge in [0.25, 0.3) is 0 Å². The van der Waals surface area contributed by atoms with Crippen molar-refractivity contribution in [3.8, 4) is 17.2 Å². The van der Waals surface area contributed by atoms with E-state index in [1.165, 1.54) is 6.92 Å². The zero-order valence-electron chi connectivity index (χ0n) is 9.98. The van der Waals surface area contributed by atoms with Gasteiger partial charge >= 0.3 is 0 Å². The van der Waals surface area contributed by atoms with Gasteiger partial charge in [-0.1, -0.05) is 23.2 Å². The number of halogens is 5. The summed E-state index contributed by atoms with van der Waals surface area (Å²) in [4.78, 5) is 0. The van der Waals surface area contributed by atoms with Gasteiger partial charge in [0.2, 0.25) is 5.82 Å².